The number of rotatable bonds is 6. The highest BCUT2D eigenvalue weighted by molar-refractivity contribution is 6.30. The zero-order valence-corrected chi connectivity index (χ0v) is 9.57. The predicted molar refractivity (Wildman–Crippen MR) is 62.4 cm³/mol. The van der Waals surface area contributed by atoms with Gasteiger partial charge in [0.2, 0.25) is 0 Å². The number of epoxide rings is 1. The molecule has 1 heterocycles. The summed E-state index contributed by atoms with van der Waals surface area (Å²) in [6.45, 7) is 5.34. The van der Waals surface area contributed by atoms with Crippen LogP contribution in [0.3, 0.4) is 0 Å². The van der Waals surface area contributed by atoms with Crippen LogP contribution >= 0.6 is 11.6 Å². The summed E-state index contributed by atoms with van der Waals surface area (Å²) in [6, 6.07) is 5.29. The van der Waals surface area contributed by atoms with Crippen molar-refractivity contribution in [1.29, 1.82) is 0 Å². The topological polar surface area (TPSA) is 31.0 Å². The van der Waals surface area contributed by atoms with Gasteiger partial charge in [0, 0.05) is 11.1 Å². The minimum atomic E-state index is 0.214. The smallest absolute Gasteiger partial charge is 0.162 e. The first kappa shape index (κ1) is 11.3. The normalized spacial score (nSPS) is 17.9. The molecule has 1 fully saturated rings. The molecule has 1 aromatic carbocycles. The van der Waals surface area contributed by atoms with Gasteiger partial charge in [0.15, 0.2) is 11.5 Å². The first-order valence-corrected chi connectivity index (χ1v) is 5.45. The molecule has 1 aromatic rings. The van der Waals surface area contributed by atoms with E-state index in [9.17, 15) is 0 Å². The minimum absolute atomic E-state index is 0.214. The highest BCUT2D eigenvalue weighted by atomic mass is 35.5. The summed E-state index contributed by atoms with van der Waals surface area (Å²) < 4.78 is 16.1. The molecule has 1 aliphatic rings. The molecule has 86 valence electrons. The molecule has 0 saturated carbocycles. The van der Waals surface area contributed by atoms with E-state index in [4.69, 9.17) is 25.8 Å². The van der Waals surface area contributed by atoms with Crippen LogP contribution in [0.2, 0.25) is 5.02 Å². The van der Waals surface area contributed by atoms with Crippen molar-refractivity contribution in [2.45, 2.75) is 6.10 Å². The van der Waals surface area contributed by atoms with Crippen LogP contribution < -0.4 is 9.47 Å². The third kappa shape index (κ3) is 3.15. The lowest BCUT2D eigenvalue weighted by molar-refractivity contribution is 0.248. The van der Waals surface area contributed by atoms with Gasteiger partial charge in [-0.15, -0.1) is 0 Å². The van der Waals surface area contributed by atoms with Crippen LogP contribution in [0.1, 0.15) is 0 Å². The van der Waals surface area contributed by atoms with Gasteiger partial charge in [0.25, 0.3) is 0 Å². The van der Waals surface area contributed by atoms with Crippen molar-refractivity contribution >= 4 is 11.6 Å². The van der Waals surface area contributed by atoms with E-state index in [0.717, 1.165) is 6.61 Å². The monoisotopic (exact) mass is 240 g/mol. The minimum Gasteiger partial charge on any atom is -0.487 e. The lowest BCUT2D eigenvalue weighted by atomic mass is 10.3. The molecule has 0 spiro atoms. The van der Waals surface area contributed by atoms with Gasteiger partial charge >= 0.3 is 0 Å². The number of benzene rings is 1. The summed E-state index contributed by atoms with van der Waals surface area (Å²) in [5, 5.41) is 0.623. The molecular weight excluding hydrogens is 228 g/mol. The number of hydrogen-bond acceptors (Lipinski definition) is 3. The van der Waals surface area contributed by atoms with Crippen LogP contribution in [-0.4, -0.2) is 25.9 Å². The SMILES string of the molecule is C=CCOc1ccc(Cl)cc1OC[C@H]1CO1. The Morgan fingerprint density at radius 2 is 2.25 bits per heavy atom. The van der Waals surface area contributed by atoms with Crippen molar-refractivity contribution in [1.82, 2.24) is 0 Å². The van der Waals surface area contributed by atoms with Crippen LogP contribution in [0.25, 0.3) is 0 Å². The van der Waals surface area contributed by atoms with Crippen LogP contribution in [0.15, 0.2) is 30.9 Å². The lowest BCUT2D eigenvalue weighted by Crippen LogP contribution is -2.05. The Kier molecular flexibility index (Phi) is 3.70. The Bertz CT molecular complexity index is 375. The fourth-order valence-corrected chi connectivity index (χ4v) is 1.37. The van der Waals surface area contributed by atoms with E-state index in [1.54, 1.807) is 24.3 Å². The third-order valence-electron chi connectivity index (χ3n) is 2.09. The van der Waals surface area contributed by atoms with Crippen molar-refractivity contribution < 1.29 is 14.2 Å². The maximum absolute atomic E-state index is 5.89. The molecule has 2 rings (SSSR count). The Morgan fingerprint density at radius 3 is 2.94 bits per heavy atom. The molecule has 16 heavy (non-hydrogen) atoms. The molecule has 3 nitrogen and oxygen atoms in total. The molecule has 0 aromatic heterocycles. The van der Waals surface area contributed by atoms with E-state index in [1.165, 1.54) is 0 Å². The average Bonchev–Trinajstić information content (AvgIpc) is 3.09. The maximum atomic E-state index is 5.89. The molecule has 0 aliphatic carbocycles. The van der Waals surface area contributed by atoms with E-state index in [2.05, 4.69) is 6.58 Å². The Labute approximate surface area is 99.6 Å². The van der Waals surface area contributed by atoms with Crippen molar-refractivity contribution in [3.63, 3.8) is 0 Å². The highest BCUT2D eigenvalue weighted by Gasteiger charge is 2.23. The Morgan fingerprint density at radius 1 is 1.44 bits per heavy atom. The average molecular weight is 241 g/mol. The second-order valence-electron chi connectivity index (χ2n) is 3.46. The molecular formula is C12H13ClO3. The fourth-order valence-electron chi connectivity index (χ4n) is 1.21. The van der Waals surface area contributed by atoms with Gasteiger partial charge in [0.05, 0.1) is 6.61 Å². The van der Waals surface area contributed by atoms with Crippen LogP contribution in [0, 0.1) is 0 Å². The van der Waals surface area contributed by atoms with Crippen LogP contribution in [-0.2, 0) is 4.74 Å². The van der Waals surface area contributed by atoms with Crippen LogP contribution in [0.5, 0.6) is 11.5 Å². The van der Waals surface area contributed by atoms with E-state index in [-0.39, 0.29) is 6.10 Å². The fraction of sp³-hybridized carbons (Fsp3) is 0.333. The standard InChI is InChI=1S/C12H13ClO3/c1-2-5-14-11-4-3-9(13)6-12(11)16-8-10-7-15-10/h2-4,6,10H,1,5,7-8H2/t10-/m1/s1. The van der Waals surface area contributed by atoms with E-state index >= 15 is 0 Å². The van der Waals surface area contributed by atoms with Gasteiger partial charge in [-0.25, -0.2) is 0 Å². The van der Waals surface area contributed by atoms with Gasteiger partial charge in [-0.1, -0.05) is 24.3 Å². The summed E-state index contributed by atoms with van der Waals surface area (Å²) in [7, 11) is 0. The first-order chi connectivity index (χ1) is 7.79. The molecule has 0 unspecified atom stereocenters. The predicted octanol–water partition coefficient (Wildman–Crippen LogP) is 2.68. The summed E-state index contributed by atoms with van der Waals surface area (Å²) in [4.78, 5) is 0. The van der Waals surface area contributed by atoms with E-state index in [1.807, 2.05) is 0 Å². The number of hydrogen-bond donors (Lipinski definition) is 0. The molecule has 1 saturated heterocycles. The first-order valence-electron chi connectivity index (χ1n) is 5.07. The van der Waals surface area contributed by atoms with Gasteiger partial charge in [-0.3, -0.25) is 0 Å². The molecule has 1 aliphatic heterocycles. The van der Waals surface area contributed by atoms with E-state index < -0.39 is 0 Å². The van der Waals surface area contributed by atoms with E-state index in [0.29, 0.717) is 29.7 Å². The molecule has 4 heteroatoms. The summed E-state index contributed by atoms with van der Waals surface area (Å²) in [6.07, 6.45) is 1.90. The third-order valence-corrected chi connectivity index (χ3v) is 2.32. The Balaban J connectivity index is 2.03. The highest BCUT2D eigenvalue weighted by Crippen LogP contribution is 2.31. The van der Waals surface area contributed by atoms with Gasteiger partial charge in [0.1, 0.15) is 19.3 Å². The molecule has 0 radical (unpaired) electrons. The van der Waals surface area contributed by atoms with Gasteiger partial charge in [-0.05, 0) is 12.1 Å². The van der Waals surface area contributed by atoms with Crippen molar-refractivity contribution in [2.24, 2.45) is 0 Å². The summed E-state index contributed by atoms with van der Waals surface area (Å²) >= 11 is 5.89. The quantitative estimate of drug-likeness (QED) is 0.566. The molecule has 0 N–H and O–H groups in total. The zero-order chi connectivity index (χ0) is 11.4. The largest absolute Gasteiger partial charge is 0.487 e. The van der Waals surface area contributed by atoms with Gasteiger partial charge in [-0.2, -0.15) is 0 Å². The summed E-state index contributed by atoms with van der Waals surface area (Å²) in [5.74, 6) is 1.31. The van der Waals surface area contributed by atoms with Crippen molar-refractivity contribution in [3.05, 3.63) is 35.9 Å². The Hall–Kier alpha value is -1.19. The van der Waals surface area contributed by atoms with Crippen molar-refractivity contribution in [3.8, 4) is 11.5 Å². The number of ether oxygens (including phenoxy) is 3. The zero-order valence-electron chi connectivity index (χ0n) is 8.82. The lowest BCUT2D eigenvalue weighted by Gasteiger charge is -2.11. The van der Waals surface area contributed by atoms with Crippen molar-refractivity contribution in [2.75, 3.05) is 19.8 Å². The molecule has 0 amide bonds. The summed E-state index contributed by atoms with van der Waals surface area (Å²) in [5.41, 5.74) is 0. The van der Waals surface area contributed by atoms with Gasteiger partial charge < -0.3 is 14.2 Å². The van der Waals surface area contributed by atoms with Crippen LogP contribution in [0.4, 0.5) is 0 Å². The molecule has 0 bridgehead atoms. The second-order valence-corrected chi connectivity index (χ2v) is 3.89. The number of halogens is 1. The molecule has 1 atom stereocenters. The maximum Gasteiger partial charge on any atom is 0.162 e. The second kappa shape index (κ2) is 5.23.